The molecule has 0 aliphatic carbocycles. The highest BCUT2D eigenvalue weighted by Gasteiger charge is 2.33. The van der Waals surface area contributed by atoms with Crippen molar-refractivity contribution in [1.29, 1.82) is 0 Å². The molecule has 1 atom stereocenters. The topological polar surface area (TPSA) is 91.0 Å². The van der Waals surface area contributed by atoms with Gasteiger partial charge in [-0.1, -0.05) is 32.9 Å². The summed E-state index contributed by atoms with van der Waals surface area (Å²) in [5.41, 5.74) is 1.21. The molecule has 8 heteroatoms. The van der Waals surface area contributed by atoms with Crippen molar-refractivity contribution in [2.45, 2.75) is 46.6 Å². The van der Waals surface area contributed by atoms with Gasteiger partial charge in [-0.05, 0) is 30.5 Å². The van der Waals surface area contributed by atoms with E-state index in [1.807, 2.05) is 49.9 Å². The van der Waals surface area contributed by atoms with Gasteiger partial charge in [0, 0.05) is 56.8 Å². The van der Waals surface area contributed by atoms with Crippen LogP contribution in [0.25, 0.3) is 0 Å². The van der Waals surface area contributed by atoms with Gasteiger partial charge in [-0.15, -0.1) is 0 Å². The zero-order valence-electron chi connectivity index (χ0n) is 20.2. The summed E-state index contributed by atoms with van der Waals surface area (Å²) in [5.74, 6) is -0.139. The average Bonchev–Trinajstić information content (AvgIpc) is 2.81. The van der Waals surface area contributed by atoms with Crippen molar-refractivity contribution in [2.24, 2.45) is 11.3 Å². The van der Waals surface area contributed by atoms with Gasteiger partial charge in [-0.3, -0.25) is 19.3 Å². The summed E-state index contributed by atoms with van der Waals surface area (Å²) >= 11 is 0. The number of ether oxygens (including phenoxy) is 1. The standard InChI is InChI=1S/C25H38N4O4/c1-25(2,3)24(32)29-10-5-7-20(18-29)23(31)26-17-19-6-4-8-21(16-19)27-22(30)9-11-28-12-14-33-15-13-28/h4,6,8,16,20H,5,7,9-15,17-18H2,1-3H3,(H,26,31)(H,27,30). The third-order valence-corrected chi connectivity index (χ3v) is 6.16. The summed E-state index contributed by atoms with van der Waals surface area (Å²) in [6.45, 7) is 11.2. The molecular weight excluding hydrogens is 420 g/mol. The van der Waals surface area contributed by atoms with Crippen LogP contribution in [0.1, 0.15) is 45.6 Å². The van der Waals surface area contributed by atoms with Gasteiger partial charge in [-0.2, -0.15) is 0 Å². The Labute approximate surface area is 197 Å². The molecule has 2 aliphatic heterocycles. The van der Waals surface area contributed by atoms with Crippen molar-refractivity contribution < 1.29 is 19.1 Å². The molecule has 182 valence electrons. The monoisotopic (exact) mass is 458 g/mol. The minimum atomic E-state index is -0.439. The van der Waals surface area contributed by atoms with Crippen molar-refractivity contribution >= 4 is 23.4 Å². The third-order valence-electron chi connectivity index (χ3n) is 6.16. The Morgan fingerprint density at radius 3 is 2.61 bits per heavy atom. The fourth-order valence-corrected chi connectivity index (χ4v) is 4.25. The van der Waals surface area contributed by atoms with E-state index in [-0.39, 0.29) is 23.6 Å². The second-order valence-electron chi connectivity index (χ2n) is 10.0. The number of nitrogens with zero attached hydrogens (tertiary/aromatic N) is 2. The van der Waals surface area contributed by atoms with Crippen LogP contribution in [0.5, 0.6) is 0 Å². The van der Waals surface area contributed by atoms with E-state index in [4.69, 9.17) is 4.74 Å². The normalized spacial score (nSPS) is 19.7. The predicted octanol–water partition coefficient (Wildman–Crippen LogP) is 2.25. The highest BCUT2D eigenvalue weighted by molar-refractivity contribution is 5.91. The number of nitrogens with one attached hydrogen (secondary N) is 2. The summed E-state index contributed by atoms with van der Waals surface area (Å²) < 4.78 is 5.33. The molecule has 3 rings (SSSR count). The molecule has 1 aromatic carbocycles. The Morgan fingerprint density at radius 1 is 1.12 bits per heavy atom. The summed E-state index contributed by atoms with van der Waals surface area (Å²) in [6.07, 6.45) is 2.07. The molecule has 2 saturated heterocycles. The van der Waals surface area contributed by atoms with E-state index in [9.17, 15) is 14.4 Å². The molecule has 2 N–H and O–H groups in total. The molecule has 1 unspecified atom stereocenters. The van der Waals surface area contributed by atoms with Crippen LogP contribution in [0.4, 0.5) is 5.69 Å². The maximum atomic E-state index is 12.8. The van der Waals surface area contributed by atoms with Gasteiger partial charge in [0.05, 0.1) is 19.1 Å². The van der Waals surface area contributed by atoms with E-state index in [1.165, 1.54) is 0 Å². The smallest absolute Gasteiger partial charge is 0.227 e. The van der Waals surface area contributed by atoms with E-state index in [2.05, 4.69) is 15.5 Å². The van der Waals surface area contributed by atoms with Gasteiger partial charge in [0.1, 0.15) is 0 Å². The van der Waals surface area contributed by atoms with Gasteiger partial charge in [0.15, 0.2) is 0 Å². The van der Waals surface area contributed by atoms with Crippen LogP contribution < -0.4 is 10.6 Å². The SMILES string of the molecule is CC(C)(C)C(=O)N1CCCC(C(=O)NCc2cccc(NC(=O)CCN3CCOCC3)c2)C1. The highest BCUT2D eigenvalue weighted by atomic mass is 16.5. The molecule has 0 radical (unpaired) electrons. The number of piperidine rings is 1. The first-order valence-corrected chi connectivity index (χ1v) is 12.0. The van der Waals surface area contributed by atoms with Crippen LogP contribution in [-0.2, 0) is 25.7 Å². The van der Waals surface area contributed by atoms with Gasteiger partial charge in [0.2, 0.25) is 17.7 Å². The van der Waals surface area contributed by atoms with Gasteiger partial charge in [-0.25, -0.2) is 0 Å². The maximum absolute atomic E-state index is 12.8. The molecule has 2 fully saturated rings. The summed E-state index contributed by atoms with van der Waals surface area (Å²) in [5, 5.41) is 5.96. The molecular formula is C25H38N4O4. The van der Waals surface area contributed by atoms with Crippen molar-refractivity contribution in [3.8, 4) is 0 Å². The zero-order valence-corrected chi connectivity index (χ0v) is 20.2. The first kappa shape index (κ1) is 25.2. The molecule has 2 aliphatic rings. The van der Waals surface area contributed by atoms with Crippen molar-refractivity contribution in [1.82, 2.24) is 15.1 Å². The molecule has 0 aromatic heterocycles. The fraction of sp³-hybridized carbons (Fsp3) is 0.640. The van der Waals surface area contributed by atoms with Crippen molar-refractivity contribution in [3.05, 3.63) is 29.8 Å². The number of amides is 3. The number of likely N-dealkylation sites (tertiary alicyclic amines) is 1. The maximum Gasteiger partial charge on any atom is 0.227 e. The van der Waals surface area contributed by atoms with E-state index >= 15 is 0 Å². The Bertz CT molecular complexity index is 830. The minimum absolute atomic E-state index is 0.0199. The third kappa shape index (κ3) is 7.82. The highest BCUT2D eigenvalue weighted by Crippen LogP contribution is 2.23. The first-order chi connectivity index (χ1) is 15.7. The first-order valence-electron chi connectivity index (χ1n) is 12.0. The Morgan fingerprint density at radius 2 is 1.88 bits per heavy atom. The molecule has 3 amide bonds. The molecule has 0 spiro atoms. The average molecular weight is 459 g/mol. The largest absolute Gasteiger partial charge is 0.379 e. The zero-order chi connectivity index (χ0) is 23.8. The molecule has 0 saturated carbocycles. The second kappa shape index (κ2) is 11.6. The molecule has 1 aromatic rings. The summed E-state index contributed by atoms with van der Waals surface area (Å²) in [6, 6.07) is 7.56. The van der Waals surface area contributed by atoms with Gasteiger partial charge >= 0.3 is 0 Å². The number of benzene rings is 1. The number of carbonyl (C=O) groups excluding carboxylic acids is 3. The lowest BCUT2D eigenvalue weighted by molar-refractivity contribution is -0.142. The van der Waals surface area contributed by atoms with E-state index in [0.717, 1.165) is 56.9 Å². The number of morpholine rings is 1. The molecule has 33 heavy (non-hydrogen) atoms. The van der Waals surface area contributed by atoms with Gasteiger partial charge < -0.3 is 20.3 Å². The lowest BCUT2D eigenvalue weighted by Gasteiger charge is -2.35. The lowest BCUT2D eigenvalue weighted by Crippen LogP contribution is -2.48. The quantitative estimate of drug-likeness (QED) is 0.654. The van der Waals surface area contributed by atoms with Gasteiger partial charge in [0.25, 0.3) is 0 Å². The predicted molar refractivity (Wildman–Crippen MR) is 128 cm³/mol. The molecule has 8 nitrogen and oxygen atoms in total. The molecule has 2 heterocycles. The number of anilines is 1. The van der Waals surface area contributed by atoms with Crippen LogP contribution in [0.2, 0.25) is 0 Å². The van der Waals surface area contributed by atoms with Crippen LogP contribution in [0.15, 0.2) is 24.3 Å². The van der Waals surface area contributed by atoms with Crippen molar-refractivity contribution in [3.63, 3.8) is 0 Å². The fourth-order valence-electron chi connectivity index (χ4n) is 4.25. The Hall–Kier alpha value is -2.45. The summed E-state index contributed by atoms with van der Waals surface area (Å²) in [7, 11) is 0. The van der Waals surface area contributed by atoms with E-state index < -0.39 is 5.41 Å². The number of rotatable bonds is 7. The lowest BCUT2D eigenvalue weighted by atomic mass is 9.91. The second-order valence-corrected chi connectivity index (χ2v) is 10.0. The van der Waals surface area contributed by atoms with E-state index in [1.54, 1.807) is 0 Å². The molecule has 0 bridgehead atoms. The number of carbonyl (C=O) groups is 3. The van der Waals surface area contributed by atoms with Crippen LogP contribution in [-0.4, -0.2) is 73.5 Å². The Balaban J connectivity index is 1.45. The van der Waals surface area contributed by atoms with Crippen molar-refractivity contribution in [2.75, 3.05) is 51.3 Å². The number of hydrogen-bond donors (Lipinski definition) is 2. The Kier molecular flexibility index (Phi) is 8.86. The minimum Gasteiger partial charge on any atom is -0.379 e. The van der Waals surface area contributed by atoms with Crippen LogP contribution in [0.3, 0.4) is 0 Å². The van der Waals surface area contributed by atoms with Crippen LogP contribution in [0, 0.1) is 11.3 Å². The summed E-state index contributed by atoms with van der Waals surface area (Å²) in [4.78, 5) is 41.7. The number of hydrogen-bond acceptors (Lipinski definition) is 5. The van der Waals surface area contributed by atoms with E-state index in [0.29, 0.717) is 26.1 Å². The van der Waals surface area contributed by atoms with Crippen LogP contribution >= 0.6 is 0 Å².